The van der Waals surface area contributed by atoms with E-state index in [1.807, 2.05) is 30.3 Å². The molecule has 0 aliphatic carbocycles. The lowest BCUT2D eigenvalue weighted by molar-refractivity contribution is -0.134. The summed E-state index contributed by atoms with van der Waals surface area (Å²) >= 11 is 3.18. The molecule has 0 atom stereocenters. The van der Waals surface area contributed by atoms with Crippen molar-refractivity contribution in [3.63, 3.8) is 0 Å². The average molecular weight is 455 g/mol. The fourth-order valence-electron chi connectivity index (χ4n) is 3.24. The topological polar surface area (TPSA) is 88.8 Å². The van der Waals surface area contributed by atoms with Gasteiger partial charge in [-0.15, -0.1) is 0 Å². The molecule has 146 valence electrons. The molecule has 1 aliphatic rings. The third-order valence-electron chi connectivity index (χ3n) is 4.73. The van der Waals surface area contributed by atoms with Crippen molar-refractivity contribution in [3.8, 4) is 5.75 Å². The van der Waals surface area contributed by atoms with Crippen LogP contribution in [-0.4, -0.2) is 39.5 Å². The predicted octanol–water partition coefficient (Wildman–Crippen LogP) is 3.85. The first-order valence-electron chi connectivity index (χ1n) is 8.66. The monoisotopic (exact) mass is 454 g/mol. The van der Waals surface area contributed by atoms with E-state index in [1.54, 1.807) is 18.2 Å². The van der Waals surface area contributed by atoms with Gasteiger partial charge in [0.1, 0.15) is 12.4 Å². The van der Waals surface area contributed by atoms with E-state index in [0.717, 1.165) is 15.0 Å². The summed E-state index contributed by atoms with van der Waals surface area (Å²) in [4.78, 5) is 37.4. The molecule has 0 saturated heterocycles. The van der Waals surface area contributed by atoms with E-state index in [1.165, 1.54) is 13.2 Å². The van der Waals surface area contributed by atoms with E-state index in [0.29, 0.717) is 28.8 Å². The minimum atomic E-state index is -1.19. The van der Waals surface area contributed by atoms with Gasteiger partial charge in [-0.2, -0.15) is 0 Å². The molecule has 4 rings (SSSR count). The number of halogens is 1. The fraction of sp³-hybridized carbons (Fsp3) is 0.0952. The smallest absolute Gasteiger partial charge is 0.416 e. The largest absolute Gasteiger partial charge is 0.489 e. The van der Waals surface area contributed by atoms with Crippen molar-refractivity contribution < 1.29 is 24.2 Å². The molecule has 1 aromatic heterocycles. The van der Waals surface area contributed by atoms with Gasteiger partial charge in [-0.25, -0.2) is 4.79 Å². The van der Waals surface area contributed by atoms with Crippen molar-refractivity contribution in [1.82, 2.24) is 9.47 Å². The number of carbonyl (C=O) groups excluding carboxylic acids is 2. The average Bonchev–Trinajstić information content (AvgIpc) is 3.18. The summed E-state index contributed by atoms with van der Waals surface area (Å²) in [6.45, 7) is 0.341. The van der Waals surface area contributed by atoms with Crippen molar-refractivity contribution in [2.75, 3.05) is 7.05 Å². The summed E-state index contributed by atoms with van der Waals surface area (Å²) in [6, 6.07) is 14.6. The zero-order valence-electron chi connectivity index (χ0n) is 15.3. The summed E-state index contributed by atoms with van der Waals surface area (Å²) < 4.78 is 6.96. The number of carboxylic acid groups (broad SMARTS) is 1. The van der Waals surface area contributed by atoms with Gasteiger partial charge in [0, 0.05) is 24.2 Å². The maximum Gasteiger partial charge on any atom is 0.416 e. The van der Waals surface area contributed by atoms with Crippen molar-refractivity contribution in [2.45, 2.75) is 6.61 Å². The van der Waals surface area contributed by atoms with E-state index < -0.39 is 17.9 Å². The Morgan fingerprint density at radius 1 is 1.10 bits per heavy atom. The van der Waals surface area contributed by atoms with Crippen LogP contribution in [0.3, 0.4) is 0 Å². The highest BCUT2D eigenvalue weighted by molar-refractivity contribution is 9.12. The van der Waals surface area contributed by atoms with Crippen molar-refractivity contribution in [2.24, 2.45) is 0 Å². The molecule has 29 heavy (non-hydrogen) atoms. The van der Waals surface area contributed by atoms with Crippen LogP contribution in [0.15, 0.2) is 59.2 Å². The minimum absolute atomic E-state index is 0.102. The molecule has 0 spiro atoms. The highest BCUT2D eigenvalue weighted by Crippen LogP contribution is 2.38. The maximum atomic E-state index is 12.6. The summed E-state index contributed by atoms with van der Waals surface area (Å²) in [5, 5.41) is 10.0. The number of amides is 2. The van der Waals surface area contributed by atoms with Crippen LogP contribution in [0.4, 0.5) is 4.79 Å². The van der Waals surface area contributed by atoms with Gasteiger partial charge in [0.25, 0.3) is 11.8 Å². The number of imide groups is 1. The molecular weight excluding hydrogens is 440 g/mol. The van der Waals surface area contributed by atoms with Crippen LogP contribution in [0.25, 0.3) is 16.5 Å². The second-order valence-corrected chi connectivity index (χ2v) is 7.30. The molecule has 1 N–H and O–H groups in total. The number of hydrogen-bond donors (Lipinski definition) is 1. The van der Waals surface area contributed by atoms with Crippen LogP contribution < -0.4 is 4.74 Å². The molecule has 0 saturated carbocycles. The van der Waals surface area contributed by atoms with Crippen LogP contribution in [0.5, 0.6) is 5.75 Å². The molecular formula is C21H15BrN2O5. The van der Waals surface area contributed by atoms with E-state index >= 15 is 0 Å². The van der Waals surface area contributed by atoms with Crippen LogP contribution in [0.2, 0.25) is 0 Å². The zero-order valence-corrected chi connectivity index (χ0v) is 16.8. The van der Waals surface area contributed by atoms with Gasteiger partial charge in [-0.1, -0.05) is 30.3 Å². The Morgan fingerprint density at radius 2 is 1.83 bits per heavy atom. The molecule has 0 radical (unpaired) electrons. The number of likely N-dealkylation sites (N-methyl/N-ethyl adjacent to an activating group) is 1. The lowest BCUT2D eigenvalue weighted by Crippen LogP contribution is -2.26. The summed E-state index contributed by atoms with van der Waals surface area (Å²) in [6.07, 6.45) is 0.149. The van der Waals surface area contributed by atoms with Crippen molar-refractivity contribution in [3.05, 3.63) is 70.3 Å². The number of rotatable bonds is 4. The first-order chi connectivity index (χ1) is 13.9. The molecule has 3 aromatic rings. The number of benzene rings is 2. The number of ether oxygens (including phenoxy) is 1. The van der Waals surface area contributed by atoms with E-state index in [-0.39, 0.29) is 10.1 Å². The van der Waals surface area contributed by atoms with E-state index in [9.17, 15) is 19.5 Å². The van der Waals surface area contributed by atoms with Crippen LogP contribution in [0.1, 0.15) is 11.1 Å². The first kappa shape index (κ1) is 18.9. The molecule has 7 nitrogen and oxygen atoms in total. The predicted molar refractivity (Wildman–Crippen MR) is 110 cm³/mol. The molecule has 1 aliphatic heterocycles. The SMILES string of the molecule is CN1C(=O)C(Br)=C(c2cn(C(=O)O)c3ccc(OCc4ccccc4)cc23)C1=O. The Hall–Kier alpha value is -3.39. The summed E-state index contributed by atoms with van der Waals surface area (Å²) in [5.41, 5.74) is 1.85. The molecule has 0 unspecified atom stereocenters. The Bertz CT molecular complexity index is 1200. The van der Waals surface area contributed by atoms with Crippen molar-refractivity contribution in [1.29, 1.82) is 0 Å². The number of carbonyl (C=O) groups is 3. The van der Waals surface area contributed by atoms with Crippen LogP contribution in [-0.2, 0) is 16.2 Å². The van der Waals surface area contributed by atoms with Crippen molar-refractivity contribution >= 4 is 50.3 Å². The molecule has 2 amide bonds. The lowest BCUT2D eigenvalue weighted by atomic mass is 10.1. The second kappa shape index (κ2) is 7.21. The van der Waals surface area contributed by atoms with Gasteiger partial charge in [0.15, 0.2) is 0 Å². The van der Waals surface area contributed by atoms with E-state index in [4.69, 9.17) is 4.74 Å². The molecule has 0 bridgehead atoms. The lowest BCUT2D eigenvalue weighted by Gasteiger charge is -2.08. The number of aromatic nitrogens is 1. The highest BCUT2D eigenvalue weighted by Gasteiger charge is 2.37. The Labute approximate surface area is 173 Å². The second-order valence-electron chi connectivity index (χ2n) is 6.51. The Kier molecular flexibility index (Phi) is 4.71. The summed E-state index contributed by atoms with van der Waals surface area (Å²) in [5.74, 6) is -0.452. The highest BCUT2D eigenvalue weighted by atomic mass is 79.9. The Morgan fingerprint density at radius 3 is 2.45 bits per heavy atom. The minimum Gasteiger partial charge on any atom is -0.489 e. The third kappa shape index (κ3) is 3.21. The molecule has 2 heterocycles. The number of hydrogen-bond acceptors (Lipinski definition) is 4. The number of nitrogens with zero attached hydrogens (tertiary/aromatic N) is 2. The standard InChI is InChI=1S/C21H15BrN2O5/c1-23-19(25)17(18(22)20(23)26)15-10-24(21(27)28)16-8-7-13(9-14(15)16)29-11-12-5-3-2-4-6-12/h2-10H,11H2,1H3,(H,27,28). The zero-order chi connectivity index (χ0) is 20.7. The summed E-state index contributed by atoms with van der Waals surface area (Å²) in [7, 11) is 1.38. The van der Waals surface area contributed by atoms with Gasteiger partial charge in [0.2, 0.25) is 0 Å². The molecule has 2 aromatic carbocycles. The van der Waals surface area contributed by atoms with Gasteiger partial charge < -0.3 is 9.84 Å². The first-order valence-corrected chi connectivity index (χ1v) is 9.45. The van der Waals surface area contributed by atoms with Crippen LogP contribution in [0, 0.1) is 0 Å². The van der Waals surface area contributed by atoms with Gasteiger partial charge in [-0.05, 0) is 39.7 Å². The fourth-order valence-corrected chi connectivity index (χ4v) is 3.89. The van der Waals surface area contributed by atoms with Gasteiger partial charge >= 0.3 is 6.09 Å². The van der Waals surface area contributed by atoms with Gasteiger partial charge in [-0.3, -0.25) is 19.1 Å². The third-order valence-corrected chi connectivity index (χ3v) is 5.47. The van der Waals surface area contributed by atoms with Crippen LogP contribution >= 0.6 is 15.9 Å². The number of fused-ring (bicyclic) bond motifs is 1. The normalized spacial score (nSPS) is 14.2. The Balaban J connectivity index is 1.81. The quantitative estimate of drug-likeness (QED) is 0.604. The molecule has 8 heteroatoms. The molecule has 0 fully saturated rings. The van der Waals surface area contributed by atoms with E-state index in [2.05, 4.69) is 15.9 Å². The van der Waals surface area contributed by atoms with Gasteiger partial charge in [0.05, 0.1) is 15.6 Å². The maximum absolute atomic E-state index is 12.6.